The highest BCUT2D eigenvalue weighted by molar-refractivity contribution is 7.22. The normalized spacial score (nSPS) is 14.4. The van der Waals surface area contributed by atoms with Crippen molar-refractivity contribution in [3.05, 3.63) is 42.7 Å². The standard InChI is InChI=1S/C20H20N8OS/c1-12(2)28-11-22-25-18(28)15-4-3-5-17(23-15)27-9-8-26(20(27)29)13-6-7-14-16(10-13)30-19(21)24-14/h3-7,10-12H,8-9H2,1-2H3,(H2,21,24). The molecule has 4 aromatic rings. The molecule has 30 heavy (non-hydrogen) atoms. The number of benzene rings is 1. The smallest absolute Gasteiger partial charge is 0.330 e. The summed E-state index contributed by atoms with van der Waals surface area (Å²) in [6.45, 7) is 5.25. The van der Waals surface area contributed by atoms with E-state index in [4.69, 9.17) is 10.7 Å². The largest absolute Gasteiger partial charge is 0.375 e. The van der Waals surface area contributed by atoms with Gasteiger partial charge >= 0.3 is 6.03 Å². The van der Waals surface area contributed by atoms with Crippen molar-refractivity contribution in [2.45, 2.75) is 19.9 Å². The molecule has 0 spiro atoms. The molecule has 5 rings (SSSR count). The second kappa shape index (κ2) is 7.06. The number of hydrogen-bond acceptors (Lipinski definition) is 7. The van der Waals surface area contributed by atoms with E-state index in [1.54, 1.807) is 16.1 Å². The van der Waals surface area contributed by atoms with Gasteiger partial charge in [-0.05, 0) is 44.2 Å². The molecule has 10 heteroatoms. The number of pyridine rings is 1. The second-order valence-corrected chi connectivity index (χ2v) is 8.39. The van der Waals surface area contributed by atoms with Crippen molar-refractivity contribution in [2.24, 2.45) is 0 Å². The number of aromatic nitrogens is 5. The number of urea groups is 1. The number of nitrogens with zero attached hydrogens (tertiary/aromatic N) is 7. The molecular formula is C20H20N8OS. The Balaban J connectivity index is 1.44. The van der Waals surface area contributed by atoms with Crippen LogP contribution in [0.1, 0.15) is 19.9 Å². The van der Waals surface area contributed by atoms with Gasteiger partial charge < -0.3 is 10.3 Å². The van der Waals surface area contributed by atoms with Crippen LogP contribution >= 0.6 is 11.3 Å². The Bertz CT molecular complexity index is 1250. The van der Waals surface area contributed by atoms with Crippen LogP contribution in [-0.4, -0.2) is 43.9 Å². The highest BCUT2D eigenvalue weighted by Crippen LogP contribution is 2.31. The summed E-state index contributed by atoms with van der Waals surface area (Å²) in [5, 5.41) is 8.74. The molecule has 1 aromatic carbocycles. The van der Waals surface area contributed by atoms with E-state index in [1.165, 1.54) is 11.3 Å². The van der Waals surface area contributed by atoms with Crippen LogP contribution in [0.5, 0.6) is 0 Å². The predicted octanol–water partition coefficient (Wildman–Crippen LogP) is 3.56. The molecule has 0 saturated carbocycles. The molecule has 1 aliphatic heterocycles. The Morgan fingerprint density at radius 2 is 1.93 bits per heavy atom. The van der Waals surface area contributed by atoms with Crippen LogP contribution in [0.15, 0.2) is 42.7 Å². The van der Waals surface area contributed by atoms with Crippen molar-refractivity contribution in [1.82, 2.24) is 24.7 Å². The van der Waals surface area contributed by atoms with Crippen LogP contribution in [0, 0.1) is 0 Å². The molecule has 3 aromatic heterocycles. The molecule has 0 bridgehead atoms. The van der Waals surface area contributed by atoms with Gasteiger partial charge in [-0.15, -0.1) is 10.2 Å². The fourth-order valence-corrected chi connectivity index (χ4v) is 4.36. The summed E-state index contributed by atoms with van der Waals surface area (Å²) in [4.78, 5) is 25.6. The van der Waals surface area contributed by atoms with Crippen molar-refractivity contribution >= 4 is 44.2 Å². The SMILES string of the molecule is CC(C)n1cnnc1-c1cccc(N2CCN(c3ccc4nc(N)sc4c3)C2=O)n1. The third kappa shape index (κ3) is 3.05. The Morgan fingerprint density at radius 1 is 1.10 bits per heavy atom. The molecular weight excluding hydrogens is 400 g/mol. The molecule has 0 aliphatic carbocycles. The zero-order valence-corrected chi connectivity index (χ0v) is 17.4. The van der Waals surface area contributed by atoms with Crippen LogP contribution in [0.3, 0.4) is 0 Å². The Morgan fingerprint density at radius 3 is 2.77 bits per heavy atom. The summed E-state index contributed by atoms with van der Waals surface area (Å²) in [6, 6.07) is 11.5. The topological polar surface area (TPSA) is 106 Å². The van der Waals surface area contributed by atoms with Crippen LogP contribution < -0.4 is 15.5 Å². The molecule has 1 saturated heterocycles. The average molecular weight is 421 g/mol. The number of fused-ring (bicyclic) bond motifs is 1. The van der Waals surface area contributed by atoms with Crippen molar-refractivity contribution in [3.63, 3.8) is 0 Å². The maximum Gasteiger partial charge on any atom is 0.330 e. The fourth-order valence-electron chi connectivity index (χ4n) is 3.59. The van der Waals surface area contributed by atoms with Gasteiger partial charge in [-0.3, -0.25) is 9.80 Å². The zero-order valence-electron chi connectivity index (χ0n) is 16.6. The molecule has 0 radical (unpaired) electrons. The maximum absolute atomic E-state index is 13.2. The lowest BCUT2D eigenvalue weighted by Crippen LogP contribution is -2.32. The summed E-state index contributed by atoms with van der Waals surface area (Å²) in [5.41, 5.74) is 8.16. The van der Waals surface area contributed by atoms with Crippen LogP contribution in [0.25, 0.3) is 21.7 Å². The fraction of sp³-hybridized carbons (Fsp3) is 0.250. The van der Waals surface area contributed by atoms with Crippen LogP contribution in [0.2, 0.25) is 0 Å². The van der Waals surface area contributed by atoms with E-state index in [2.05, 4.69) is 29.0 Å². The van der Waals surface area contributed by atoms with Gasteiger partial charge in [-0.1, -0.05) is 17.4 Å². The molecule has 2 amide bonds. The molecule has 0 atom stereocenters. The summed E-state index contributed by atoms with van der Waals surface area (Å²) >= 11 is 1.42. The lowest BCUT2D eigenvalue weighted by atomic mass is 10.3. The maximum atomic E-state index is 13.2. The number of nitrogens with two attached hydrogens (primary N) is 1. The number of thiazole rings is 1. The number of nitrogen functional groups attached to an aromatic ring is 1. The number of carbonyl (C=O) groups is 1. The molecule has 1 fully saturated rings. The molecule has 152 valence electrons. The molecule has 9 nitrogen and oxygen atoms in total. The quantitative estimate of drug-likeness (QED) is 0.541. The number of hydrogen-bond donors (Lipinski definition) is 1. The van der Waals surface area contributed by atoms with Crippen molar-refractivity contribution in [3.8, 4) is 11.5 Å². The highest BCUT2D eigenvalue weighted by Gasteiger charge is 2.32. The third-order valence-corrected chi connectivity index (χ3v) is 5.93. The molecule has 4 heterocycles. The highest BCUT2D eigenvalue weighted by atomic mass is 32.1. The van der Waals surface area contributed by atoms with Gasteiger partial charge in [0.25, 0.3) is 0 Å². The molecule has 0 unspecified atom stereocenters. The van der Waals surface area contributed by atoms with Crippen molar-refractivity contribution in [2.75, 3.05) is 28.6 Å². The third-order valence-electron chi connectivity index (χ3n) is 5.08. The summed E-state index contributed by atoms with van der Waals surface area (Å²) < 4.78 is 2.92. The minimum atomic E-state index is -0.109. The van der Waals surface area contributed by atoms with Gasteiger partial charge in [0, 0.05) is 24.8 Å². The average Bonchev–Trinajstić information content (AvgIpc) is 3.44. The van der Waals surface area contributed by atoms with Crippen molar-refractivity contribution in [1.29, 1.82) is 0 Å². The Labute approximate surface area is 176 Å². The van der Waals surface area contributed by atoms with E-state index in [-0.39, 0.29) is 12.1 Å². The van der Waals surface area contributed by atoms with Gasteiger partial charge in [0.05, 0.1) is 10.2 Å². The first kappa shape index (κ1) is 18.5. The molecule has 1 aliphatic rings. The number of anilines is 3. The Kier molecular flexibility index (Phi) is 4.35. The van der Waals surface area contributed by atoms with E-state index < -0.39 is 0 Å². The van der Waals surface area contributed by atoms with Crippen LogP contribution in [0.4, 0.5) is 21.4 Å². The first-order valence-electron chi connectivity index (χ1n) is 9.63. The minimum Gasteiger partial charge on any atom is -0.375 e. The van der Waals surface area contributed by atoms with E-state index >= 15 is 0 Å². The second-order valence-electron chi connectivity index (χ2n) is 7.33. The van der Waals surface area contributed by atoms with Crippen molar-refractivity contribution < 1.29 is 4.79 Å². The Hall–Kier alpha value is -3.53. The summed E-state index contributed by atoms with van der Waals surface area (Å²) in [6.07, 6.45) is 1.69. The lowest BCUT2D eigenvalue weighted by Gasteiger charge is -2.18. The van der Waals surface area contributed by atoms with Gasteiger partial charge in [-0.2, -0.15) is 0 Å². The number of rotatable bonds is 4. The zero-order chi connectivity index (χ0) is 20.8. The van der Waals surface area contributed by atoms with Gasteiger partial charge in [0.2, 0.25) is 0 Å². The van der Waals surface area contributed by atoms with E-state index in [1.807, 2.05) is 41.0 Å². The van der Waals surface area contributed by atoms with E-state index in [0.29, 0.717) is 35.6 Å². The minimum absolute atomic E-state index is 0.109. The monoisotopic (exact) mass is 420 g/mol. The molecule has 2 N–H and O–H groups in total. The van der Waals surface area contributed by atoms with Gasteiger partial charge in [-0.25, -0.2) is 14.8 Å². The number of amides is 2. The van der Waals surface area contributed by atoms with Gasteiger partial charge in [0.1, 0.15) is 17.8 Å². The van der Waals surface area contributed by atoms with Gasteiger partial charge in [0.15, 0.2) is 11.0 Å². The summed E-state index contributed by atoms with van der Waals surface area (Å²) in [5.74, 6) is 1.28. The lowest BCUT2D eigenvalue weighted by molar-refractivity contribution is 0.255. The van der Waals surface area contributed by atoms with E-state index in [0.717, 1.165) is 15.9 Å². The van der Waals surface area contributed by atoms with Crippen LogP contribution in [-0.2, 0) is 0 Å². The first-order valence-corrected chi connectivity index (χ1v) is 10.4. The predicted molar refractivity (Wildman–Crippen MR) is 118 cm³/mol. The summed E-state index contributed by atoms with van der Waals surface area (Å²) in [7, 11) is 0. The first-order chi connectivity index (χ1) is 14.5. The number of carbonyl (C=O) groups excluding carboxylic acids is 1. The van der Waals surface area contributed by atoms with E-state index in [9.17, 15) is 4.79 Å².